The standard InChI is InChI=1S/C13H10FN5O/c14-11-5-9(1-2-12(11)15)20-10-3-4-17-13(6-10)19-8-16-7-18-19/h1-8H,15H2/p+1. The third-order valence-corrected chi connectivity index (χ3v) is 2.62. The van der Waals surface area contributed by atoms with Crippen LogP contribution < -0.4 is 15.2 Å². The SMILES string of the molecule is Nc1ccc(Oc2ccnc(-[n+]3cnc[nH]3)c2)cc1F. The van der Waals surface area contributed by atoms with Crippen LogP contribution in [0.1, 0.15) is 0 Å². The van der Waals surface area contributed by atoms with Crippen LogP contribution in [0.3, 0.4) is 0 Å². The van der Waals surface area contributed by atoms with Gasteiger partial charge < -0.3 is 10.5 Å². The van der Waals surface area contributed by atoms with Crippen LogP contribution in [0.5, 0.6) is 11.5 Å². The number of aromatic amines is 1. The average molecular weight is 272 g/mol. The van der Waals surface area contributed by atoms with Crippen LogP contribution in [-0.2, 0) is 0 Å². The maximum absolute atomic E-state index is 13.3. The van der Waals surface area contributed by atoms with Crippen molar-refractivity contribution in [1.29, 1.82) is 0 Å². The zero-order valence-corrected chi connectivity index (χ0v) is 10.3. The zero-order valence-electron chi connectivity index (χ0n) is 10.3. The molecule has 7 heteroatoms. The van der Waals surface area contributed by atoms with Crippen LogP contribution in [0.2, 0.25) is 0 Å². The maximum atomic E-state index is 13.3. The smallest absolute Gasteiger partial charge is 0.288 e. The number of pyridine rings is 1. The molecular formula is C13H11FN5O+. The van der Waals surface area contributed by atoms with Crippen molar-refractivity contribution in [2.75, 3.05) is 5.73 Å². The van der Waals surface area contributed by atoms with E-state index < -0.39 is 5.82 Å². The number of ether oxygens (including phenoxy) is 1. The number of nitrogens with zero attached hydrogens (tertiary/aromatic N) is 3. The fourth-order valence-corrected chi connectivity index (χ4v) is 1.66. The Balaban J connectivity index is 1.87. The van der Waals surface area contributed by atoms with Gasteiger partial charge in [0.15, 0.2) is 6.33 Å². The Bertz CT molecular complexity index is 729. The minimum Gasteiger partial charge on any atom is -0.457 e. The number of H-pyrrole nitrogens is 1. The Kier molecular flexibility index (Phi) is 3.00. The molecule has 0 amide bonds. The first-order valence-corrected chi connectivity index (χ1v) is 5.82. The Morgan fingerprint density at radius 2 is 2.05 bits per heavy atom. The molecule has 3 N–H and O–H groups in total. The number of nitrogens with two attached hydrogens (primary N) is 1. The van der Waals surface area contributed by atoms with Gasteiger partial charge in [0.05, 0.1) is 11.8 Å². The summed E-state index contributed by atoms with van der Waals surface area (Å²) in [7, 11) is 0. The van der Waals surface area contributed by atoms with Gasteiger partial charge in [-0.3, -0.25) is 0 Å². The molecule has 6 nitrogen and oxygen atoms in total. The van der Waals surface area contributed by atoms with Gasteiger partial charge in [0.2, 0.25) is 6.33 Å². The quantitative estimate of drug-likeness (QED) is 0.560. The monoisotopic (exact) mass is 272 g/mol. The molecule has 100 valence electrons. The van der Waals surface area contributed by atoms with Gasteiger partial charge in [-0.2, -0.15) is 0 Å². The second-order valence-electron chi connectivity index (χ2n) is 4.03. The number of halogens is 1. The molecule has 3 aromatic rings. The van der Waals surface area contributed by atoms with Crippen molar-refractivity contribution >= 4 is 5.69 Å². The molecule has 0 bridgehead atoms. The van der Waals surface area contributed by atoms with Gasteiger partial charge in [-0.1, -0.05) is 4.98 Å². The highest BCUT2D eigenvalue weighted by Gasteiger charge is 2.09. The van der Waals surface area contributed by atoms with Gasteiger partial charge in [-0.15, -0.1) is 9.67 Å². The molecule has 0 radical (unpaired) electrons. The molecule has 2 aromatic heterocycles. The Morgan fingerprint density at radius 3 is 2.80 bits per heavy atom. The number of hydrogen-bond acceptors (Lipinski definition) is 4. The van der Waals surface area contributed by atoms with Crippen molar-refractivity contribution in [3.63, 3.8) is 0 Å². The number of rotatable bonds is 3. The van der Waals surface area contributed by atoms with Gasteiger partial charge in [0.1, 0.15) is 23.5 Å². The summed E-state index contributed by atoms with van der Waals surface area (Å²) in [5.41, 5.74) is 5.50. The highest BCUT2D eigenvalue weighted by atomic mass is 19.1. The van der Waals surface area contributed by atoms with E-state index in [0.29, 0.717) is 17.3 Å². The topological polar surface area (TPSA) is 80.7 Å². The number of benzene rings is 1. The first kappa shape index (κ1) is 12.1. The number of hydrogen-bond donors (Lipinski definition) is 2. The van der Waals surface area contributed by atoms with E-state index in [9.17, 15) is 4.39 Å². The fourth-order valence-electron chi connectivity index (χ4n) is 1.66. The van der Waals surface area contributed by atoms with Gasteiger partial charge in [-0.25, -0.2) is 9.49 Å². The van der Waals surface area contributed by atoms with Crippen LogP contribution in [-0.4, -0.2) is 15.1 Å². The molecule has 0 spiro atoms. The zero-order chi connectivity index (χ0) is 13.9. The molecule has 0 unspecified atom stereocenters. The second-order valence-corrected chi connectivity index (χ2v) is 4.03. The number of anilines is 1. The van der Waals surface area contributed by atoms with Gasteiger partial charge in [0, 0.05) is 12.1 Å². The summed E-state index contributed by atoms with van der Waals surface area (Å²) < 4.78 is 20.5. The first-order valence-electron chi connectivity index (χ1n) is 5.82. The van der Waals surface area contributed by atoms with Gasteiger partial charge >= 0.3 is 0 Å². The predicted octanol–water partition coefficient (Wildman–Crippen LogP) is 1.60. The minimum absolute atomic E-state index is 0.0841. The highest BCUT2D eigenvalue weighted by Crippen LogP contribution is 2.24. The Morgan fingerprint density at radius 1 is 1.20 bits per heavy atom. The molecule has 3 rings (SSSR count). The summed E-state index contributed by atoms with van der Waals surface area (Å²) >= 11 is 0. The van der Waals surface area contributed by atoms with E-state index >= 15 is 0 Å². The molecule has 1 aromatic carbocycles. The lowest BCUT2D eigenvalue weighted by atomic mass is 10.3. The summed E-state index contributed by atoms with van der Waals surface area (Å²) in [6.07, 6.45) is 4.70. The van der Waals surface area contributed by atoms with Crippen molar-refractivity contribution in [2.45, 2.75) is 0 Å². The third-order valence-electron chi connectivity index (χ3n) is 2.62. The van der Waals surface area contributed by atoms with Gasteiger partial charge in [0.25, 0.3) is 5.82 Å². The Labute approximate surface area is 113 Å². The third kappa shape index (κ3) is 2.41. The molecular weight excluding hydrogens is 261 g/mol. The van der Waals surface area contributed by atoms with Crippen molar-refractivity contribution in [3.8, 4) is 17.3 Å². The number of aromatic nitrogens is 4. The van der Waals surface area contributed by atoms with Crippen molar-refractivity contribution in [3.05, 3.63) is 55.0 Å². The van der Waals surface area contributed by atoms with Crippen LogP contribution in [0.15, 0.2) is 49.2 Å². The summed E-state index contributed by atoms with van der Waals surface area (Å²) in [6.45, 7) is 0. The summed E-state index contributed by atoms with van der Waals surface area (Å²) in [4.78, 5) is 8.07. The van der Waals surface area contributed by atoms with Crippen molar-refractivity contribution < 1.29 is 13.8 Å². The maximum Gasteiger partial charge on any atom is 0.288 e. The number of nitrogens with one attached hydrogen (secondary N) is 1. The van der Waals surface area contributed by atoms with E-state index in [4.69, 9.17) is 10.5 Å². The molecule has 2 heterocycles. The summed E-state index contributed by atoms with van der Waals surface area (Å²) in [5.74, 6) is 0.986. The molecule has 20 heavy (non-hydrogen) atoms. The van der Waals surface area contributed by atoms with Crippen LogP contribution >= 0.6 is 0 Å². The van der Waals surface area contributed by atoms with E-state index in [-0.39, 0.29) is 5.69 Å². The Hall–Kier alpha value is -2.96. The lowest BCUT2D eigenvalue weighted by Gasteiger charge is -2.06. The van der Waals surface area contributed by atoms with E-state index in [2.05, 4.69) is 15.1 Å². The molecule has 0 atom stereocenters. The molecule has 0 aliphatic rings. The minimum atomic E-state index is -0.514. The van der Waals surface area contributed by atoms with E-state index in [1.165, 1.54) is 18.5 Å². The second kappa shape index (κ2) is 4.96. The fraction of sp³-hybridized carbons (Fsp3) is 0. The van der Waals surface area contributed by atoms with Crippen molar-refractivity contribution in [1.82, 2.24) is 15.1 Å². The number of nitrogen functional groups attached to an aromatic ring is 1. The summed E-state index contributed by atoms with van der Waals surface area (Å²) in [5, 5.41) is 2.87. The molecule has 0 saturated carbocycles. The first-order chi connectivity index (χ1) is 9.72. The largest absolute Gasteiger partial charge is 0.457 e. The van der Waals surface area contributed by atoms with Gasteiger partial charge in [-0.05, 0) is 12.1 Å². The molecule has 0 aliphatic heterocycles. The predicted molar refractivity (Wildman–Crippen MR) is 68.8 cm³/mol. The van der Waals surface area contributed by atoms with E-state index in [1.54, 1.807) is 35.4 Å². The van der Waals surface area contributed by atoms with Crippen LogP contribution in [0, 0.1) is 5.82 Å². The normalized spacial score (nSPS) is 10.4. The van der Waals surface area contributed by atoms with E-state index in [0.717, 1.165) is 0 Å². The lowest BCUT2D eigenvalue weighted by molar-refractivity contribution is -0.660. The van der Waals surface area contributed by atoms with Crippen molar-refractivity contribution in [2.24, 2.45) is 0 Å². The van der Waals surface area contributed by atoms with E-state index in [1.807, 2.05) is 0 Å². The lowest BCUT2D eigenvalue weighted by Crippen LogP contribution is -2.32. The highest BCUT2D eigenvalue weighted by molar-refractivity contribution is 5.44. The summed E-state index contributed by atoms with van der Waals surface area (Å²) in [6, 6.07) is 7.66. The molecule has 0 saturated heterocycles. The van der Waals surface area contributed by atoms with Crippen LogP contribution in [0.4, 0.5) is 10.1 Å². The molecule has 0 aliphatic carbocycles. The average Bonchev–Trinajstić information content (AvgIpc) is 2.97. The van der Waals surface area contributed by atoms with Crippen LogP contribution in [0.25, 0.3) is 5.82 Å². The molecule has 0 fully saturated rings.